The predicted molar refractivity (Wildman–Crippen MR) is 87.1 cm³/mol. The highest BCUT2D eigenvalue weighted by atomic mass is 16.5. The van der Waals surface area contributed by atoms with Crippen molar-refractivity contribution in [1.82, 2.24) is 10.2 Å². The van der Waals surface area contributed by atoms with Crippen LogP contribution in [-0.4, -0.2) is 55.1 Å². The lowest BCUT2D eigenvalue weighted by Gasteiger charge is -2.49. The van der Waals surface area contributed by atoms with Gasteiger partial charge in [0.05, 0.1) is 19.8 Å². The summed E-state index contributed by atoms with van der Waals surface area (Å²) < 4.78 is 5.37. The minimum atomic E-state index is -0.434. The van der Waals surface area contributed by atoms with Gasteiger partial charge in [0.15, 0.2) is 0 Å². The third-order valence-corrected chi connectivity index (χ3v) is 4.69. The summed E-state index contributed by atoms with van der Waals surface area (Å²) in [5, 5.41) is 5.59. The molecular weight excluding hydrogens is 294 g/mol. The van der Waals surface area contributed by atoms with Crippen molar-refractivity contribution in [1.29, 1.82) is 0 Å². The highest BCUT2D eigenvalue weighted by Gasteiger charge is 2.49. The maximum absolute atomic E-state index is 12.6. The molecule has 124 valence electrons. The van der Waals surface area contributed by atoms with Gasteiger partial charge in [-0.1, -0.05) is 18.2 Å². The minimum Gasteiger partial charge on any atom is -0.379 e. The van der Waals surface area contributed by atoms with Crippen LogP contribution in [0.25, 0.3) is 0 Å². The second-order valence-corrected chi connectivity index (χ2v) is 6.08. The predicted octanol–water partition coefficient (Wildman–Crippen LogP) is 0.996. The number of nitrogens with one attached hydrogen (secondary N) is 2. The van der Waals surface area contributed by atoms with Crippen molar-refractivity contribution in [2.24, 2.45) is 0 Å². The lowest BCUT2D eigenvalue weighted by atomic mass is 9.74. The van der Waals surface area contributed by atoms with Gasteiger partial charge in [-0.3, -0.25) is 14.5 Å². The molecule has 0 spiro atoms. The van der Waals surface area contributed by atoms with Gasteiger partial charge in [0.1, 0.15) is 5.54 Å². The topological polar surface area (TPSA) is 70.7 Å². The van der Waals surface area contributed by atoms with Crippen LogP contribution in [0.15, 0.2) is 30.3 Å². The van der Waals surface area contributed by atoms with Crippen LogP contribution in [0, 0.1) is 0 Å². The van der Waals surface area contributed by atoms with E-state index in [9.17, 15) is 9.59 Å². The molecule has 2 aliphatic rings. The third kappa shape index (κ3) is 3.54. The van der Waals surface area contributed by atoms with Crippen molar-refractivity contribution in [3.8, 4) is 0 Å². The average molecular weight is 317 g/mol. The Hall–Kier alpha value is -1.92. The molecule has 1 saturated heterocycles. The highest BCUT2D eigenvalue weighted by Crippen LogP contribution is 2.38. The molecule has 1 aliphatic carbocycles. The van der Waals surface area contributed by atoms with Crippen LogP contribution in [0.2, 0.25) is 0 Å². The number of morpholine rings is 1. The van der Waals surface area contributed by atoms with Crippen molar-refractivity contribution in [3.63, 3.8) is 0 Å². The Labute approximate surface area is 136 Å². The fourth-order valence-electron chi connectivity index (χ4n) is 3.24. The molecular formula is C17H23N3O3. The highest BCUT2D eigenvalue weighted by molar-refractivity contribution is 5.96. The Morgan fingerprint density at radius 3 is 2.43 bits per heavy atom. The van der Waals surface area contributed by atoms with E-state index in [-0.39, 0.29) is 18.4 Å². The molecule has 1 aliphatic heterocycles. The van der Waals surface area contributed by atoms with E-state index >= 15 is 0 Å². The van der Waals surface area contributed by atoms with Gasteiger partial charge in [0.2, 0.25) is 11.8 Å². The number of carbonyl (C=O) groups is 2. The number of hydrogen-bond donors (Lipinski definition) is 2. The number of nitrogens with zero attached hydrogens (tertiary/aromatic N) is 1. The molecule has 1 aromatic rings. The molecule has 1 heterocycles. The molecule has 2 amide bonds. The van der Waals surface area contributed by atoms with Crippen LogP contribution in [0.5, 0.6) is 0 Å². The van der Waals surface area contributed by atoms with E-state index in [4.69, 9.17) is 4.74 Å². The number of para-hydroxylation sites is 1. The molecule has 0 atom stereocenters. The first-order valence-electron chi connectivity index (χ1n) is 8.17. The average Bonchev–Trinajstić information content (AvgIpc) is 2.54. The van der Waals surface area contributed by atoms with Crippen molar-refractivity contribution < 1.29 is 14.3 Å². The van der Waals surface area contributed by atoms with Gasteiger partial charge in [0, 0.05) is 18.8 Å². The lowest BCUT2D eigenvalue weighted by Crippen LogP contribution is -2.65. The summed E-state index contributed by atoms with van der Waals surface area (Å²) in [6, 6.07) is 9.24. The van der Waals surface area contributed by atoms with Crippen LogP contribution in [-0.2, 0) is 14.3 Å². The Morgan fingerprint density at radius 1 is 1.13 bits per heavy atom. The number of hydrogen-bond acceptors (Lipinski definition) is 4. The molecule has 23 heavy (non-hydrogen) atoms. The molecule has 2 N–H and O–H groups in total. The first-order valence-corrected chi connectivity index (χ1v) is 8.17. The monoisotopic (exact) mass is 317 g/mol. The first-order chi connectivity index (χ1) is 11.2. The van der Waals surface area contributed by atoms with E-state index in [1.165, 1.54) is 0 Å². The van der Waals surface area contributed by atoms with E-state index in [1.807, 2.05) is 30.3 Å². The van der Waals surface area contributed by atoms with Gasteiger partial charge in [0.25, 0.3) is 0 Å². The summed E-state index contributed by atoms with van der Waals surface area (Å²) in [5.74, 6) is -0.241. The van der Waals surface area contributed by atoms with E-state index in [0.717, 1.165) is 38.0 Å². The molecule has 6 nitrogen and oxygen atoms in total. The summed E-state index contributed by atoms with van der Waals surface area (Å²) in [4.78, 5) is 26.8. The van der Waals surface area contributed by atoms with Gasteiger partial charge < -0.3 is 15.4 Å². The molecule has 3 rings (SSSR count). The van der Waals surface area contributed by atoms with E-state index < -0.39 is 5.54 Å². The molecule has 0 unspecified atom stereocenters. The standard InChI is InChI=1S/C17H23N3O3/c21-15(19-14-5-2-1-3-6-14)13-18-16(22)17(7-4-8-17)20-9-11-23-12-10-20/h1-3,5-6H,4,7-13H2,(H,18,22)(H,19,21). The van der Waals surface area contributed by atoms with Crippen LogP contribution >= 0.6 is 0 Å². The summed E-state index contributed by atoms with van der Waals surface area (Å²) >= 11 is 0. The first kappa shape index (κ1) is 16.0. The molecule has 1 aromatic carbocycles. The van der Waals surface area contributed by atoms with Crippen molar-refractivity contribution in [2.75, 3.05) is 38.2 Å². The fourth-order valence-corrected chi connectivity index (χ4v) is 3.24. The molecule has 0 radical (unpaired) electrons. The number of anilines is 1. The van der Waals surface area contributed by atoms with Gasteiger partial charge in [-0.05, 0) is 31.4 Å². The zero-order chi connectivity index (χ0) is 16.1. The zero-order valence-corrected chi connectivity index (χ0v) is 13.2. The summed E-state index contributed by atoms with van der Waals surface area (Å²) in [6.07, 6.45) is 2.78. The van der Waals surface area contributed by atoms with Crippen LogP contribution in [0.1, 0.15) is 19.3 Å². The van der Waals surface area contributed by atoms with Crippen LogP contribution in [0.3, 0.4) is 0 Å². The van der Waals surface area contributed by atoms with Gasteiger partial charge in [-0.2, -0.15) is 0 Å². The number of carbonyl (C=O) groups excluding carboxylic acids is 2. The molecule has 6 heteroatoms. The Morgan fingerprint density at radius 2 is 1.83 bits per heavy atom. The van der Waals surface area contributed by atoms with E-state index in [0.29, 0.717) is 13.2 Å². The number of amides is 2. The summed E-state index contributed by atoms with van der Waals surface area (Å²) in [5.41, 5.74) is 0.301. The van der Waals surface area contributed by atoms with E-state index in [2.05, 4.69) is 15.5 Å². The largest absolute Gasteiger partial charge is 0.379 e. The number of ether oxygens (including phenoxy) is 1. The second kappa shape index (κ2) is 7.10. The Bertz CT molecular complexity index is 551. The third-order valence-electron chi connectivity index (χ3n) is 4.69. The van der Waals surface area contributed by atoms with Crippen molar-refractivity contribution >= 4 is 17.5 Å². The van der Waals surface area contributed by atoms with E-state index in [1.54, 1.807) is 0 Å². The summed E-state index contributed by atoms with van der Waals surface area (Å²) in [6.45, 7) is 2.90. The van der Waals surface area contributed by atoms with Gasteiger partial charge >= 0.3 is 0 Å². The minimum absolute atomic E-state index is 0.000181. The maximum Gasteiger partial charge on any atom is 0.243 e. The maximum atomic E-state index is 12.6. The van der Waals surface area contributed by atoms with Crippen LogP contribution < -0.4 is 10.6 Å². The quantitative estimate of drug-likeness (QED) is 0.850. The second-order valence-electron chi connectivity index (χ2n) is 6.08. The van der Waals surface area contributed by atoms with Crippen molar-refractivity contribution in [3.05, 3.63) is 30.3 Å². The normalized spacial score (nSPS) is 20.3. The SMILES string of the molecule is O=C(CNC(=O)C1(N2CCOCC2)CCC1)Nc1ccccc1. The lowest BCUT2D eigenvalue weighted by molar-refractivity contribution is -0.145. The number of rotatable bonds is 5. The Balaban J connectivity index is 1.52. The van der Waals surface area contributed by atoms with Gasteiger partial charge in [-0.25, -0.2) is 0 Å². The van der Waals surface area contributed by atoms with Crippen molar-refractivity contribution in [2.45, 2.75) is 24.8 Å². The summed E-state index contributed by atoms with van der Waals surface area (Å²) in [7, 11) is 0. The Kier molecular flexibility index (Phi) is 4.93. The number of benzene rings is 1. The molecule has 1 saturated carbocycles. The molecule has 0 aromatic heterocycles. The fraction of sp³-hybridized carbons (Fsp3) is 0.529. The zero-order valence-electron chi connectivity index (χ0n) is 13.2. The molecule has 2 fully saturated rings. The van der Waals surface area contributed by atoms with Crippen LogP contribution in [0.4, 0.5) is 5.69 Å². The van der Waals surface area contributed by atoms with Gasteiger partial charge in [-0.15, -0.1) is 0 Å². The molecule has 0 bridgehead atoms. The smallest absolute Gasteiger partial charge is 0.243 e.